The average molecular weight is 294 g/mol. The highest BCUT2D eigenvalue weighted by Gasteiger charge is 2.18. The second-order valence-electron chi connectivity index (χ2n) is 6.18. The minimum absolute atomic E-state index is 0.155. The summed E-state index contributed by atoms with van der Waals surface area (Å²) in [7, 11) is 0. The molecule has 1 aliphatic carbocycles. The van der Waals surface area contributed by atoms with Gasteiger partial charge in [-0.05, 0) is 25.4 Å². The first-order valence-electron chi connectivity index (χ1n) is 8.53. The van der Waals surface area contributed by atoms with Crippen molar-refractivity contribution in [2.75, 3.05) is 19.6 Å². The molecular weight excluding hydrogens is 264 g/mol. The normalized spacial score (nSPS) is 18.3. The molecular formula is C16H30N4O. The van der Waals surface area contributed by atoms with E-state index in [1.54, 1.807) is 0 Å². The molecule has 0 radical (unpaired) electrons. The zero-order valence-electron chi connectivity index (χ0n) is 13.6. The molecule has 120 valence electrons. The lowest BCUT2D eigenvalue weighted by Gasteiger charge is -2.20. The van der Waals surface area contributed by atoms with Crippen LogP contribution in [-0.4, -0.2) is 34.7 Å². The van der Waals surface area contributed by atoms with Crippen LogP contribution in [0.25, 0.3) is 0 Å². The molecule has 1 aromatic heterocycles. The molecule has 1 aromatic rings. The van der Waals surface area contributed by atoms with Gasteiger partial charge in [0.1, 0.15) is 0 Å². The van der Waals surface area contributed by atoms with E-state index in [9.17, 15) is 0 Å². The van der Waals surface area contributed by atoms with E-state index in [0.717, 1.165) is 37.9 Å². The number of likely N-dealkylation sites (N-methyl/N-ethyl adjacent to an activating group) is 1. The number of aryl methyl sites for hydroxylation is 1. The van der Waals surface area contributed by atoms with Gasteiger partial charge in [-0.25, -0.2) is 0 Å². The molecule has 0 bridgehead atoms. The number of nitrogens with zero attached hydrogens (tertiary/aromatic N) is 3. The predicted octanol–water partition coefficient (Wildman–Crippen LogP) is 2.92. The first-order valence-corrected chi connectivity index (χ1v) is 8.53. The van der Waals surface area contributed by atoms with Crippen LogP contribution in [-0.2, 0) is 6.42 Å². The number of nitrogens with two attached hydrogens (primary N) is 1. The molecule has 1 heterocycles. The van der Waals surface area contributed by atoms with E-state index in [-0.39, 0.29) is 6.04 Å². The van der Waals surface area contributed by atoms with Crippen LogP contribution in [0.2, 0.25) is 0 Å². The summed E-state index contributed by atoms with van der Waals surface area (Å²) in [5, 5.41) is 4.06. The maximum atomic E-state index is 6.17. The third-order valence-electron chi connectivity index (χ3n) is 4.66. The second kappa shape index (κ2) is 8.49. The van der Waals surface area contributed by atoms with Crippen molar-refractivity contribution < 1.29 is 4.52 Å². The van der Waals surface area contributed by atoms with E-state index in [2.05, 4.69) is 28.9 Å². The van der Waals surface area contributed by atoms with Crippen molar-refractivity contribution in [3.8, 4) is 0 Å². The van der Waals surface area contributed by atoms with Crippen LogP contribution in [0.3, 0.4) is 0 Å². The van der Waals surface area contributed by atoms with Gasteiger partial charge >= 0.3 is 0 Å². The highest BCUT2D eigenvalue weighted by atomic mass is 16.5. The van der Waals surface area contributed by atoms with E-state index < -0.39 is 0 Å². The Bertz CT molecular complexity index is 397. The lowest BCUT2D eigenvalue weighted by Crippen LogP contribution is -2.32. The Morgan fingerprint density at radius 1 is 1.24 bits per heavy atom. The SMILES string of the molecule is CCN(CC)CC(N)c1noc(CCC2CCCCC2)n1. The molecule has 0 saturated heterocycles. The monoisotopic (exact) mass is 294 g/mol. The van der Waals surface area contributed by atoms with Crippen molar-refractivity contribution >= 4 is 0 Å². The van der Waals surface area contributed by atoms with Crippen molar-refractivity contribution in [1.82, 2.24) is 15.0 Å². The largest absolute Gasteiger partial charge is 0.339 e. The van der Waals surface area contributed by atoms with E-state index in [4.69, 9.17) is 10.3 Å². The number of rotatable bonds is 8. The quantitative estimate of drug-likeness (QED) is 0.798. The summed E-state index contributed by atoms with van der Waals surface area (Å²) < 4.78 is 5.37. The highest BCUT2D eigenvalue weighted by molar-refractivity contribution is 4.94. The van der Waals surface area contributed by atoms with Crippen LogP contribution in [0, 0.1) is 5.92 Å². The van der Waals surface area contributed by atoms with Gasteiger partial charge in [0.2, 0.25) is 5.89 Å². The van der Waals surface area contributed by atoms with Crippen molar-refractivity contribution in [2.45, 2.75) is 64.8 Å². The van der Waals surface area contributed by atoms with E-state index >= 15 is 0 Å². The number of hydrogen-bond donors (Lipinski definition) is 1. The highest BCUT2D eigenvalue weighted by Crippen LogP contribution is 2.27. The van der Waals surface area contributed by atoms with Gasteiger partial charge in [-0.1, -0.05) is 51.1 Å². The van der Waals surface area contributed by atoms with Gasteiger partial charge in [0.05, 0.1) is 6.04 Å². The van der Waals surface area contributed by atoms with Gasteiger partial charge in [0.15, 0.2) is 5.82 Å². The first-order chi connectivity index (χ1) is 10.2. The summed E-state index contributed by atoms with van der Waals surface area (Å²) in [5.41, 5.74) is 6.17. The minimum atomic E-state index is -0.155. The van der Waals surface area contributed by atoms with Gasteiger partial charge in [-0.3, -0.25) is 0 Å². The van der Waals surface area contributed by atoms with E-state index in [1.807, 2.05) is 0 Å². The zero-order valence-corrected chi connectivity index (χ0v) is 13.6. The Labute approximate surface area is 128 Å². The van der Waals surface area contributed by atoms with Crippen molar-refractivity contribution in [2.24, 2.45) is 11.7 Å². The fraction of sp³-hybridized carbons (Fsp3) is 0.875. The van der Waals surface area contributed by atoms with Crippen molar-refractivity contribution in [3.63, 3.8) is 0 Å². The smallest absolute Gasteiger partial charge is 0.226 e. The summed E-state index contributed by atoms with van der Waals surface area (Å²) in [6, 6.07) is -0.155. The van der Waals surface area contributed by atoms with Crippen LogP contribution in [0.1, 0.15) is 70.1 Å². The molecule has 21 heavy (non-hydrogen) atoms. The van der Waals surface area contributed by atoms with E-state index in [1.165, 1.54) is 38.5 Å². The van der Waals surface area contributed by atoms with Crippen LogP contribution in [0.15, 0.2) is 4.52 Å². The summed E-state index contributed by atoms with van der Waals surface area (Å²) in [4.78, 5) is 6.77. The summed E-state index contributed by atoms with van der Waals surface area (Å²) in [6.07, 6.45) is 8.97. The third kappa shape index (κ3) is 5.08. The molecule has 1 unspecified atom stereocenters. The molecule has 0 spiro atoms. The minimum Gasteiger partial charge on any atom is -0.339 e. The zero-order chi connectivity index (χ0) is 15.1. The molecule has 5 heteroatoms. The van der Waals surface area contributed by atoms with Crippen LogP contribution >= 0.6 is 0 Å². The van der Waals surface area contributed by atoms with Gasteiger partial charge in [-0.15, -0.1) is 0 Å². The lowest BCUT2D eigenvalue weighted by atomic mass is 9.86. The molecule has 0 aliphatic heterocycles. The summed E-state index contributed by atoms with van der Waals surface area (Å²) in [6.45, 7) is 7.06. The Morgan fingerprint density at radius 2 is 1.95 bits per heavy atom. The van der Waals surface area contributed by atoms with Gasteiger partial charge in [0, 0.05) is 13.0 Å². The van der Waals surface area contributed by atoms with Gasteiger partial charge in [-0.2, -0.15) is 4.98 Å². The molecule has 1 atom stereocenters. The Balaban J connectivity index is 1.79. The molecule has 1 fully saturated rings. The van der Waals surface area contributed by atoms with E-state index in [0.29, 0.717) is 5.82 Å². The maximum absolute atomic E-state index is 6.17. The molecule has 1 aliphatic rings. The fourth-order valence-electron chi connectivity index (χ4n) is 3.17. The standard InChI is InChI=1S/C16H30N4O/c1-3-20(4-2)12-14(17)16-18-15(21-19-16)11-10-13-8-6-5-7-9-13/h13-14H,3-12,17H2,1-2H3. The third-order valence-corrected chi connectivity index (χ3v) is 4.66. The van der Waals surface area contributed by atoms with Gasteiger partial charge < -0.3 is 15.2 Å². The van der Waals surface area contributed by atoms with Crippen LogP contribution < -0.4 is 5.73 Å². The lowest BCUT2D eigenvalue weighted by molar-refractivity contribution is 0.276. The summed E-state index contributed by atoms with van der Waals surface area (Å²) >= 11 is 0. The second-order valence-corrected chi connectivity index (χ2v) is 6.18. The maximum Gasteiger partial charge on any atom is 0.226 e. The van der Waals surface area contributed by atoms with Crippen LogP contribution in [0.4, 0.5) is 0 Å². The first kappa shape index (κ1) is 16.4. The molecule has 2 rings (SSSR count). The van der Waals surface area contributed by atoms with Crippen molar-refractivity contribution in [3.05, 3.63) is 11.7 Å². The van der Waals surface area contributed by atoms with Crippen LogP contribution in [0.5, 0.6) is 0 Å². The summed E-state index contributed by atoms with van der Waals surface area (Å²) in [5.74, 6) is 2.25. The predicted molar refractivity (Wildman–Crippen MR) is 83.9 cm³/mol. The topological polar surface area (TPSA) is 68.2 Å². The number of hydrogen-bond acceptors (Lipinski definition) is 5. The molecule has 5 nitrogen and oxygen atoms in total. The Morgan fingerprint density at radius 3 is 2.62 bits per heavy atom. The molecule has 0 amide bonds. The Kier molecular flexibility index (Phi) is 6.64. The van der Waals surface area contributed by atoms with Gasteiger partial charge in [0.25, 0.3) is 0 Å². The Hall–Kier alpha value is -0.940. The fourth-order valence-corrected chi connectivity index (χ4v) is 3.17. The molecule has 1 saturated carbocycles. The molecule has 2 N–H and O–H groups in total. The number of aromatic nitrogens is 2. The van der Waals surface area contributed by atoms with Crippen molar-refractivity contribution in [1.29, 1.82) is 0 Å². The average Bonchev–Trinajstić information content (AvgIpc) is 3.00. The molecule has 0 aromatic carbocycles.